The number of carbonyl (C=O) groups excluding carboxylic acids is 1. The minimum atomic E-state index is -0.260. The van der Waals surface area contributed by atoms with Crippen LogP contribution in [0.15, 0.2) is 0 Å². The number of hydrogen-bond donors (Lipinski definition) is 0. The van der Waals surface area contributed by atoms with Gasteiger partial charge in [0.1, 0.15) is 5.60 Å². The van der Waals surface area contributed by atoms with Crippen molar-refractivity contribution in [2.45, 2.75) is 46.1 Å². The molecule has 124 valence electrons. The maximum Gasteiger partial charge on any atom is 0.308 e. The van der Waals surface area contributed by atoms with Gasteiger partial charge < -0.3 is 9.47 Å². The second-order valence-corrected chi connectivity index (χ2v) is 6.98. The molecule has 2 heterocycles. The number of carbonyl (C=O) groups is 1. The monoisotopic (exact) mass is 317 g/mol. The first-order valence-electron chi connectivity index (χ1n) is 8.22. The van der Waals surface area contributed by atoms with E-state index in [0.29, 0.717) is 0 Å². The van der Waals surface area contributed by atoms with Crippen molar-refractivity contribution >= 4 is 17.7 Å². The van der Waals surface area contributed by atoms with E-state index in [4.69, 9.17) is 9.47 Å². The Morgan fingerprint density at radius 1 is 1.24 bits per heavy atom. The van der Waals surface area contributed by atoms with Crippen LogP contribution in [0.2, 0.25) is 0 Å². The Morgan fingerprint density at radius 3 is 2.33 bits per heavy atom. The molecule has 0 aromatic carbocycles. The van der Waals surface area contributed by atoms with Crippen LogP contribution < -0.4 is 0 Å². The van der Waals surface area contributed by atoms with E-state index in [1.54, 1.807) is 0 Å². The SMILES string of the molecule is CC.CC(C)C(=O)OC1(CN2CCOCC2)CCSCC1. The molecule has 0 aliphatic carbocycles. The number of nitrogens with zero attached hydrogens (tertiary/aromatic N) is 1. The van der Waals surface area contributed by atoms with Crippen LogP contribution in [0.1, 0.15) is 40.5 Å². The lowest BCUT2D eigenvalue weighted by atomic mass is 9.95. The van der Waals surface area contributed by atoms with Gasteiger partial charge in [-0.05, 0) is 24.3 Å². The predicted octanol–water partition coefficient (Wildman–Crippen LogP) is 2.81. The zero-order valence-electron chi connectivity index (χ0n) is 14.0. The third-order valence-corrected chi connectivity index (χ3v) is 4.79. The van der Waals surface area contributed by atoms with Crippen molar-refractivity contribution < 1.29 is 14.3 Å². The summed E-state index contributed by atoms with van der Waals surface area (Å²) in [6, 6.07) is 0. The largest absolute Gasteiger partial charge is 0.457 e. The van der Waals surface area contributed by atoms with E-state index in [0.717, 1.165) is 57.2 Å². The van der Waals surface area contributed by atoms with Crippen molar-refractivity contribution in [3.05, 3.63) is 0 Å². The average Bonchev–Trinajstić information content (AvgIpc) is 2.51. The Bertz CT molecular complexity index is 298. The predicted molar refractivity (Wildman–Crippen MR) is 88.8 cm³/mol. The van der Waals surface area contributed by atoms with Crippen molar-refractivity contribution in [3.63, 3.8) is 0 Å². The molecule has 4 nitrogen and oxygen atoms in total. The molecule has 0 N–H and O–H groups in total. The van der Waals surface area contributed by atoms with Gasteiger partial charge in [-0.15, -0.1) is 0 Å². The van der Waals surface area contributed by atoms with E-state index in [1.165, 1.54) is 0 Å². The number of morpholine rings is 1. The summed E-state index contributed by atoms with van der Waals surface area (Å²) in [6.45, 7) is 12.2. The molecule has 2 rings (SSSR count). The third kappa shape index (κ3) is 6.17. The van der Waals surface area contributed by atoms with Crippen LogP contribution in [0, 0.1) is 5.92 Å². The highest BCUT2D eigenvalue weighted by Crippen LogP contribution is 2.32. The van der Waals surface area contributed by atoms with Gasteiger partial charge in [0, 0.05) is 19.6 Å². The average molecular weight is 317 g/mol. The van der Waals surface area contributed by atoms with Crippen LogP contribution in [0.4, 0.5) is 0 Å². The standard InChI is InChI=1S/C14H25NO3S.C2H6/c1-12(2)13(16)18-14(3-9-19-10-4-14)11-15-5-7-17-8-6-15;1-2/h12H,3-11H2,1-2H3;1-2H3. The van der Waals surface area contributed by atoms with E-state index >= 15 is 0 Å². The van der Waals surface area contributed by atoms with E-state index in [1.807, 2.05) is 39.5 Å². The highest BCUT2D eigenvalue weighted by Gasteiger charge is 2.38. The molecule has 0 bridgehead atoms. The molecule has 0 amide bonds. The minimum Gasteiger partial charge on any atom is -0.457 e. The van der Waals surface area contributed by atoms with E-state index in [2.05, 4.69) is 4.90 Å². The van der Waals surface area contributed by atoms with Crippen LogP contribution in [0.25, 0.3) is 0 Å². The van der Waals surface area contributed by atoms with Gasteiger partial charge >= 0.3 is 5.97 Å². The van der Waals surface area contributed by atoms with Gasteiger partial charge in [0.2, 0.25) is 0 Å². The summed E-state index contributed by atoms with van der Waals surface area (Å²) in [5.74, 6) is 2.09. The van der Waals surface area contributed by atoms with Crippen molar-refractivity contribution in [2.75, 3.05) is 44.4 Å². The molecule has 2 fully saturated rings. The minimum absolute atomic E-state index is 0.0452. The molecule has 0 unspecified atom stereocenters. The van der Waals surface area contributed by atoms with Crippen LogP contribution in [0.3, 0.4) is 0 Å². The van der Waals surface area contributed by atoms with Gasteiger partial charge in [0.05, 0.1) is 19.1 Å². The second-order valence-electron chi connectivity index (χ2n) is 5.76. The number of ether oxygens (including phenoxy) is 2. The zero-order valence-corrected chi connectivity index (χ0v) is 14.8. The molecule has 2 saturated heterocycles. The van der Waals surface area contributed by atoms with Crippen molar-refractivity contribution in [2.24, 2.45) is 5.92 Å². The molecular formula is C16H31NO3S. The molecular weight excluding hydrogens is 286 g/mol. The van der Waals surface area contributed by atoms with Crippen molar-refractivity contribution in [3.8, 4) is 0 Å². The van der Waals surface area contributed by atoms with Crippen LogP contribution in [-0.2, 0) is 14.3 Å². The molecule has 0 spiro atoms. The number of rotatable bonds is 4. The summed E-state index contributed by atoms with van der Waals surface area (Å²) in [5.41, 5.74) is -0.260. The Kier molecular flexibility index (Phi) is 8.67. The molecule has 0 aromatic rings. The summed E-state index contributed by atoms with van der Waals surface area (Å²) in [7, 11) is 0. The first-order chi connectivity index (χ1) is 10.1. The normalized spacial score (nSPS) is 22.3. The molecule has 0 atom stereocenters. The molecule has 0 aromatic heterocycles. The summed E-state index contributed by atoms with van der Waals surface area (Å²) in [4.78, 5) is 14.4. The topological polar surface area (TPSA) is 38.8 Å². The van der Waals surface area contributed by atoms with Crippen molar-refractivity contribution in [1.82, 2.24) is 4.90 Å². The van der Waals surface area contributed by atoms with Crippen LogP contribution in [0.5, 0.6) is 0 Å². The Labute approximate surface area is 133 Å². The first-order valence-corrected chi connectivity index (χ1v) is 9.37. The van der Waals surface area contributed by atoms with Crippen LogP contribution >= 0.6 is 11.8 Å². The van der Waals surface area contributed by atoms with E-state index < -0.39 is 0 Å². The highest BCUT2D eigenvalue weighted by molar-refractivity contribution is 7.99. The molecule has 2 aliphatic heterocycles. The Hall–Kier alpha value is -0.260. The molecule has 2 aliphatic rings. The highest BCUT2D eigenvalue weighted by atomic mass is 32.2. The summed E-state index contributed by atoms with van der Waals surface area (Å²) in [5, 5.41) is 0. The van der Waals surface area contributed by atoms with Gasteiger partial charge in [0.25, 0.3) is 0 Å². The fourth-order valence-corrected chi connectivity index (χ4v) is 3.77. The lowest BCUT2D eigenvalue weighted by molar-refractivity contribution is -0.168. The lowest BCUT2D eigenvalue weighted by Gasteiger charge is -2.41. The Balaban J connectivity index is 0.00000106. The third-order valence-electron chi connectivity index (χ3n) is 3.81. The van der Waals surface area contributed by atoms with E-state index in [-0.39, 0.29) is 17.5 Å². The first kappa shape index (κ1) is 18.8. The van der Waals surface area contributed by atoms with Gasteiger partial charge in [-0.2, -0.15) is 11.8 Å². The quantitative estimate of drug-likeness (QED) is 0.746. The molecule has 21 heavy (non-hydrogen) atoms. The van der Waals surface area contributed by atoms with Gasteiger partial charge in [-0.3, -0.25) is 9.69 Å². The van der Waals surface area contributed by atoms with Gasteiger partial charge in [-0.1, -0.05) is 27.7 Å². The summed E-state index contributed by atoms with van der Waals surface area (Å²) >= 11 is 1.96. The molecule has 5 heteroatoms. The fourth-order valence-electron chi connectivity index (χ4n) is 2.53. The summed E-state index contributed by atoms with van der Waals surface area (Å²) in [6.07, 6.45) is 1.96. The summed E-state index contributed by atoms with van der Waals surface area (Å²) < 4.78 is 11.3. The van der Waals surface area contributed by atoms with Crippen molar-refractivity contribution in [1.29, 1.82) is 0 Å². The smallest absolute Gasteiger partial charge is 0.308 e. The maximum absolute atomic E-state index is 12.0. The van der Waals surface area contributed by atoms with E-state index in [9.17, 15) is 4.79 Å². The molecule has 0 radical (unpaired) electrons. The Morgan fingerprint density at radius 2 is 1.81 bits per heavy atom. The molecule has 0 saturated carbocycles. The number of hydrogen-bond acceptors (Lipinski definition) is 5. The number of thioether (sulfide) groups is 1. The zero-order chi connectivity index (χ0) is 15.7. The number of esters is 1. The maximum atomic E-state index is 12.0. The van der Waals surface area contributed by atoms with Gasteiger partial charge in [-0.25, -0.2) is 0 Å². The second kappa shape index (κ2) is 9.70. The lowest BCUT2D eigenvalue weighted by Crippen LogP contribution is -2.51. The van der Waals surface area contributed by atoms with Crippen LogP contribution in [-0.4, -0.2) is 60.8 Å². The fraction of sp³-hybridized carbons (Fsp3) is 0.938. The van der Waals surface area contributed by atoms with Gasteiger partial charge in [0.15, 0.2) is 0 Å².